The predicted octanol–water partition coefficient (Wildman–Crippen LogP) is 2.84. The second-order valence-corrected chi connectivity index (χ2v) is 4.92. The Balaban J connectivity index is 1.81. The van der Waals surface area contributed by atoms with Crippen molar-refractivity contribution >= 4 is 11.6 Å². The zero-order valence-corrected chi connectivity index (χ0v) is 12.5. The maximum atomic E-state index is 12.0. The van der Waals surface area contributed by atoms with Crippen molar-refractivity contribution < 1.29 is 9.53 Å². The van der Waals surface area contributed by atoms with E-state index in [9.17, 15) is 4.79 Å². The molecule has 112 valence electrons. The van der Waals surface area contributed by atoms with E-state index in [0.717, 1.165) is 18.5 Å². The van der Waals surface area contributed by atoms with Gasteiger partial charge in [-0.15, -0.1) is 0 Å². The Morgan fingerprint density at radius 3 is 2.86 bits per heavy atom. The summed E-state index contributed by atoms with van der Waals surface area (Å²) in [6, 6.07) is 9.80. The number of nitrogens with zero attached hydrogens (tertiary/aromatic N) is 2. The summed E-state index contributed by atoms with van der Waals surface area (Å²) >= 11 is 0. The minimum absolute atomic E-state index is 0.165. The van der Waals surface area contributed by atoms with Crippen LogP contribution in [-0.4, -0.2) is 21.8 Å². The minimum Gasteiger partial charge on any atom is -0.364 e. The molecule has 1 N–H and O–H groups in total. The molecule has 1 atom stereocenters. The van der Waals surface area contributed by atoms with Crippen LogP contribution >= 0.6 is 0 Å². The number of nitrogens with one attached hydrogen (secondary N) is 1. The lowest BCUT2D eigenvalue weighted by Gasteiger charge is -2.12. The van der Waals surface area contributed by atoms with Crippen LogP contribution in [0.1, 0.15) is 25.8 Å². The highest BCUT2D eigenvalue weighted by Gasteiger charge is 2.14. The van der Waals surface area contributed by atoms with Crippen molar-refractivity contribution in [3.63, 3.8) is 0 Å². The van der Waals surface area contributed by atoms with Crippen LogP contribution in [0.3, 0.4) is 0 Å². The molecule has 21 heavy (non-hydrogen) atoms. The largest absolute Gasteiger partial charge is 0.364 e. The number of anilines is 1. The summed E-state index contributed by atoms with van der Waals surface area (Å²) in [6.45, 7) is 5.09. The third kappa shape index (κ3) is 4.72. The first kappa shape index (κ1) is 15.3. The first-order valence-corrected chi connectivity index (χ1v) is 7.18. The minimum atomic E-state index is -0.514. The van der Waals surface area contributed by atoms with E-state index in [4.69, 9.17) is 4.74 Å². The van der Waals surface area contributed by atoms with Gasteiger partial charge >= 0.3 is 0 Å². The van der Waals surface area contributed by atoms with Crippen molar-refractivity contribution in [2.75, 3.05) is 5.32 Å². The summed E-state index contributed by atoms with van der Waals surface area (Å²) in [6.07, 6.45) is 3.97. The highest BCUT2D eigenvalue weighted by atomic mass is 16.5. The molecule has 0 bridgehead atoms. The Labute approximate surface area is 124 Å². The van der Waals surface area contributed by atoms with Crippen molar-refractivity contribution in [2.45, 2.75) is 39.5 Å². The SMILES string of the molecule is CCCn1cc(NC(=O)C(C)OCc2ccccc2)cn1. The molecule has 1 heterocycles. The summed E-state index contributed by atoms with van der Waals surface area (Å²) < 4.78 is 7.39. The van der Waals surface area contributed by atoms with Gasteiger partial charge in [-0.25, -0.2) is 0 Å². The van der Waals surface area contributed by atoms with Crippen LogP contribution in [0, 0.1) is 0 Å². The number of benzene rings is 1. The van der Waals surface area contributed by atoms with Gasteiger partial charge in [-0.2, -0.15) is 5.10 Å². The molecule has 2 aromatic rings. The van der Waals surface area contributed by atoms with E-state index in [1.54, 1.807) is 13.1 Å². The van der Waals surface area contributed by atoms with E-state index in [1.807, 2.05) is 41.2 Å². The lowest BCUT2D eigenvalue weighted by atomic mass is 10.2. The average molecular weight is 287 g/mol. The summed E-state index contributed by atoms with van der Waals surface area (Å²) in [5.74, 6) is -0.165. The van der Waals surface area contributed by atoms with Crippen molar-refractivity contribution in [2.24, 2.45) is 0 Å². The van der Waals surface area contributed by atoms with Crippen LogP contribution in [0.2, 0.25) is 0 Å². The smallest absolute Gasteiger partial charge is 0.253 e. The number of amides is 1. The Bertz CT molecular complexity index is 566. The molecular weight excluding hydrogens is 266 g/mol. The maximum Gasteiger partial charge on any atom is 0.253 e. The van der Waals surface area contributed by atoms with E-state index < -0.39 is 6.10 Å². The van der Waals surface area contributed by atoms with Crippen LogP contribution in [-0.2, 0) is 22.7 Å². The monoisotopic (exact) mass is 287 g/mol. The molecule has 1 unspecified atom stereocenters. The van der Waals surface area contributed by atoms with Crippen molar-refractivity contribution in [1.29, 1.82) is 0 Å². The van der Waals surface area contributed by atoms with Gasteiger partial charge in [0.1, 0.15) is 6.10 Å². The van der Waals surface area contributed by atoms with E-state index in [1.165, 1.54) is 0 Å². The first-order chi connectivity index (χ1) is 10.2. The van der Waals surface area contributed by atoms with Crippen LogP contribution in [0.4, 0.5) is 5.69 Å². The summed E-state index contributed by atoms with van der Waals surface area (Å²) in [5.41, 5.74) is 1.75. The quantitative estimate of drug-likeness (QED) is 0.852. The van der Waals surface area contributed by atoms with Crippen molar-refractivity contribution in [3.05, 3.63) is 48.3 Å². The number of aryl methyl sites for hydroxylation is 1. The van der Waals surface area contributed by atoms with Crippen LogP contribution in [0.5, 0.6) is 0 Å². The number of carbonyl (C=O) groups is 1. The molecule has 0 aliphatic heterocycles. The zero-order valence-electron chi connectivity index (χ0n) is 12.5. The molecule has 0 aliphatic rings. The van der Waals surface area contributed by atoms with Gasteiger partial charge in [-0.1, -0.05) is 37.3 Å². The molecule has 0 saturated carbocycles. The molecule has 0 spiro atoms. The second kappa shape index (κ2) is 7.59. The van der Waals surface area contributed by atoms with Crippen molar-refractivity contribution in [3.8, 4) is 0 Å². The van der Waals surface area contributed by atoms with Gasteiger partial charge in [0.2, 0.25) is 0 Å². The highest BCUT2D eigenvalue weighted by Crippen LogP contribution is 2.08. The highest BCUT2D eigenvalue weighted by molar-refractivity contribution is 5.93. The van der Waals surface area contributed by atoms with Gasteiger partial charge in [0.25, 0.3) is 5.91 Å². The fourth-order valence-corrected chi connectivity index (χ4v) is 1.89. The number of hydrogen-bond donors (Lipinski definition) is 1. The van der Waals surface area contributed by atoms with Crippen molar-refractivity contribution in [1.82, 2.24) is 9.78 Å². The summed E-state index contributed by atoms with van der Waals surface area (Å²) in [5, 5.41) is 6.98. The normalized spacial score (nSPS) is 12.1. The Morgan fingerprint density at radius 2 is 2.14 bits per heavy atom. The molecule has 1 amide bonds. The Hall–Kier alpha value is -2.14. The number of rotatable bonds is 7. The fourth-order valence-electron chi connectivity index (χ4n) is 1.89. The topological polar surface area (TPSA) is 56.2 Å². The lowest BCUT2D eigenvalue weighted by Crippen LogP contribution is -2.27. The van der Waals surface area contributed by atoms with Gasteiger partial charge < -0.3 is 10.1 Å². The maximum absolute atomic E-state index is 12.0. The molecule has 5 heteroatoms. The molecule has 0 fully saturated rings. The van der Waals surface area contributed by atoms with Gasteiger partial charge in [0, 0.05) is 12.7 Å². The number of ether oxygens (including phenoxy) is 1. The molecule has 0 radical (unpaired) electrons. The van der Waals surface area contributed by atoms with E-state index in [0.29, 0.717) is 12.3 Å². The third-order valence-corrected chi connectivity index (χ3v) is 3.07. The third-order valence-electron chi connectivity index (χ3n) is 3.07. The van der Waals surface area contributed by atoms with Gasteiger partial charge in [0.05, 0.1) is 18.5 Å². The van der Waals surface area contributed by atoms with E-state index >= 15 is 0 Å². The molecule has 0 aliphatic carbocycles. The van der Waals surface area contributed by atoms with Crippen LogP contribution < -0.4 is 5.32 Å². The number of aromatic nitrogens is 2. The molecule has 0 saturated heterocycles. The summed E-state index contributed by atoms with van der Waals surface area (Å²) in [4.78, 5) is 12.0. The van der Waals surface area contributed by atoms with Crippen LogP contribution in [0.25, 0.3) is 0 Å². The zero-order chi connectivity index (χ0) is 15.1. The predicted molar refractivity (Wildman–Crippen MR) is 81.8 cm³/mol. The standard InChI is InChI=1S/C16H21N3O2/c1-3-9-19-11-15(10-17-19)18-16(20)13(2)21-12-14-7-5-4-6-8-14/h4-8,10-11,13H,3,9,12H2,1-2H3,(H,18,20). The second-order valence-electron chi connectivity index (χ2n) is 4.92. The van der Waals surface area contributed by atoms with E-state index in [-0.39, 0.29) is 5.91 Å². The molecule has 5 nitrogen and oxygen atoms in total. The lowest BCUT2D eigenvalue weighted by molar-refractivity contribution is -0.127. The molecule has 2 rings (SSSR count). The fraction of sp³-hybridized carbons (Fsp3) is 0.375. The first-order valence-electron chi connectivity index (χ1n) is 7.18. The molecule has 1 aromatic carbocycles. The number of carbonyl (C=O) groups excluding carboxylic acids is 1. The molecular formula is C16H21N3O2. The van der Waals surface area contributed by atoms with Gasteiger partial charge in [-0.3, -0.25) is 9.48 Å². The average Bonchev–Trinajstić information content (AvgIpc) is 2.93. The Kier molecular flexibility index (Phi) is 5.51. The molecule has 1 aromatic heterocycles. The van der Waals surface area contributed by atoms with Gasteiger partial charge in [0.15, 0.2) is 0 Å². The van der Waals surface area contributed by atoms with E-state index in [2.05, 4.69) is 17.3 Å². The number of hydrogen-bond acceptors (Lipinski definition) is 3. The Morgan fingerprint density at radius 1 is 1.38 bits per heavy atom. The van der Waals surface area contributed by atoms with Crippen LogP contribution in [0.15, 0.2) is 42.7 Å². The summed E-state index contributed by atoms with van der Waals surface area (Å²) in [7, 11) is 0. The van der Waals surface area contributed by atoms with Gasteiger partial charge in [-0.05, 0) is 18.9 Å².